The second kappa shape index (κ2) is 9.36. The van der Waals surface area contributed by atoms with E-state index in [0.29, 0.717) is 41.7 Å². The maximum atomic E-state index is 12.5. The Morgan fingerprint density at radius 2 is 2.16 bits per heavy atom. The van der Waals surface area contributed by atoms with Crippen LogP contribution in [0.3, 0.4) is 0 Å². The third-order valence-electron chi connectivity index (χ3n) is 5.39. The molecule has 0 unspecified atom stereocenters. The summed E-state index contributed by atoms with van der Waals surface area (Å²) in [4.78, 5) is 12.5. The largest absolute Gasteiger partial charge is 0.488 e. The number of rotatable bonds is 4. The molecule has 2 aromatic carbocycles. The molecule has 2 aliphatic rings. The van der Waals surface area contributed by atoms with Crippen LogP contribution >= 0.6 is 11.6 Å². The van der Waals surface area contributed by atoms with Gasteiger partial charge < -0.3 is 20.1 Å². The lowest BCUT2D eigenvalue weighted by molar-refractivity contribution is -0.132. The van der Waals surface area contributed by atoms with Crippen LogP contribution in [0.1, 0.15) is 23.1 Å². The van der Waals surface area contributed by atoms with Crippen molar-refractivity contribution in [2.24, 2.45) is 0 Å². The normalized spacial score (nSPS) is 18.2. The van der Waals surface area contributed by atoms with Crippen molar-refractivity contribution in [2.75, 3.05) is 19.7 Å². The van der Waals surface area contributed by atoms with Crippen molar-refractivity contribution >= 4 is 17.5 Å². The maximum Gasteiger partial charge on any atom is 0.251 e. The Morgan fingerprint density at radius 3 is 2.97 bits per heavy atom. The third kappa shape index (κ3) is 4.65. The monoisotopic (exact) mass is 436 g/mol. The number of halogens is 1. The van der Waals surface area contributed by atoms with Crippen molar-refractivity contribution in [3.8, 4) is 29.0 Å². The van der Waals surface area contributed by atoms with Crippen LogP contribution in [0, 0.1) is 22.7 Å². The Kier molecular flexibility index (Phi) is 6.39. The predicted octanol–water partition coefficient (Wildman–Crippen LogP) is 2.70. The lowest BCUT2D eigenvalue weighted by Gasteiger charge is -2.23. The summed E-state index contributed by atoms with van der Waals surface area (Å²) in [6.07, 6.45) is 0.477. The highest BCUT2D eigenvalue weighted by Gasteiger charge is 2.25. The molecule has 2 atom stereocenters. The van der Waals surface area contributed by atoms with Crippen LogP contribution in [0.4, 0.5) is 0 Å². The van der Waals surface area contributed by atoms with E-state index >= 15 is 0 Å². The van der Waals surface area contributed by atoms with Crippen LogP contribution in [0.25, 0.3) is 11.1 Å². The molecule has 8 heteroatoms. The molecule has 2 aliphatic heterocycles. The van der Waals surface area contributed by atoms with E-state index in [0.717, 1.165) is 29.7 Å². The minimum Gasteiger partial charge on any atom is -0.488 e. The van der Waals surface area contributed by atoms with Gasteiger partial charge in [-0.3, -0.25) is 4.79 Å². The smallest absolute Gasteiger partial charge is 0.251 e. The summed E-state index contributed by atoms with van der Waals surface area (Å²) in [5, 5.41) is 25.1. The average Bonchev–Trinajstić information content (AvgIpc) is 3.08. The summed E-state index contributed by atoms with van der Waals surface area (Å²) in [6.45, 7) is 2.08. The molecule has 0 aromatic heterocycles. The molecule has 31 heavy (non-hydrogen) atoms. The van der Waals surface area contributed by atoms with Crippen LogP contribution in [0.5, 0.6) is 5.75 Å². The van der Waals surface area contributed by atoms with Crippen molar-refractivity contribution in [1.29, 1.82) is 10.5 Å². The highest BCUT2D eigenvalue weighted by atomic mass is 35.5. The van der Waals surface area contributed by atoms with Gasteiger partial charge in [-0.25, -0.2) is 0 Å². The quantitative estimate of drug-likeness (QED) is 0.763. The zero-order chi connectivity index (χ0) is 21.8. The van der Waals surface area contributed by atoms with E-state index in [1.54, 1.807) is 6.07 Å². The minimum absolute atomic E-state index is 0.248. The molecule has 7 nitrogen and oxygen atoms in total. The Labute approximate surface area is 185 Å². The van der Waals surface area contributed by atoms with Gasteiger partial charge in [0.2, 0.25) is 0 Å². The second-order valence-electron chi connectivity index (χ2n) is 7.52. The molecule has 158 valence electrons. The van der Waals surface area contributed by atoms with Crippen LogP contribution in [0.2, 0.25) is 5.02 Å². The molecular weight excluding hydrogens is 416 g/mol. The first-order valence-corrected chi connectivity index (χ1v) is 10.5. The van der Waals surface area contributed by atoms with E-state index in [-0.39, 0.29) is 12.3 Å². The fraction of sp³-hybridized carbons (Fsp3) is 0.348. The molecule has 2 aromatic rings. The summed E-state index contributed by atoms with van der Waals surface area (Å²) in [6, 6.07) is 12.6. The first-order chi connectivity index (χ1) is 15.1. The third-order valence-corrected chi connectivity index (χ3v) is 5.74. The lowest BCUT2D eigenvalue weighted by Crippen LogP contribution is -2.46. The molecular formula is C23H21ClN4O3. The lowest BCUT2D eigenvalue weighted by atomic mass is 9.93. The molecule has 0 bridgehead atoms. The molecule has 0 spiro atoms. The van der Waals surface area contributed by atoms with Gasteiger partial charge in [0.15, 0.2) is 0 Å². The predicted molar refractivity (Wildman–Crippen MR) is 114 cm³/mol. The number of carbonyl (C=O) groups is 1. The first kappa shape index (κ1) is 21.1. The highest BCUT2D eigenvalue weighted by Crippen LogP contribution is 2.41. The number of carbonyl (C=O) groups excluding carboxylic acids is 1. The maximum absolute atomic E-state index is 12.5. The van der Waals surface area contributed by atoms with Gasteiger partial charge in [0.1, 0.15) is 24.5 Å². The van der Waals surface area contributed by atoms with Crippen molar-refractivity contribution in [3.05, 3.63) is 52.0 Å². The van der Waals surface area contributed by atoms with Gasteiger partial charge in [0.05, 0.1) is 17.7 Å². The molecule has 2 N–H and O–H groups in total. The SMILES string of the molecule is N#Cc1ccc2c(c1)COc1cc(C[C@H](C#N)NC(=O)[C@@H]3CNCCCO3)c(Cl)cc1-2. The molecule has 2 heterocycles. The van der Waals surface area contributed by atoms with Gasteiger partial charge >= 0.3 is 0 Å². The zero-order valence-corrected chi connectivity index (χ0v) is 17.5. The molecule has 0 saturated carbocycles. The van der Waals surface area contributed by atoms with Crippen LogP contribution < -0.4 is 15.4 Å². The molecule has 1 amide bonds. The Hall–Kier alpha value is -3.10. The second-order valence-corrected chi connectivity index (χ2v) is 7.93. The zero-order valence-electron chi connectivity index (χ0n) is 16.8. The van der Waals surface area contributed by atoms with Gasteiger partial charge in [0.25, 0.3) is 5.91 Å². The summed E-state index contributed by atoms with van der Waals surface area (Å²) >= 11 is 6.53. The molecule has 1 saturated heterocycles. The van der Waals surface area contributed by atoms with Crippen molar-refractivity contribution < 1.29 is 14.3 Å². The minimum atomic E-state index is -0.746. The summed E-state index contributed by atoms with van der Waals surface area (Å²) in [7, 11) is 0. The number of nitriles is 2. The highest BCUT2D eigenvalue weighted by molar-refractivity contribution is 6.31. The molecule has 1 fully saturated rings. The van der Waals surface area contributed by atoms with E-state index in [9.17, 15) is 10.1 Å². The fourth-order valence-corrected chi connectivity index (χ4v) is 4.02. The van der Waals surface area contributed by atoms with Gasteiger partial charge in [-0.1, -0.05) is 17.7 Å². The topological polar surface area (TPSA) is 107 Å². The molecule has 4 rings (SSSR count). The van der Waals surface area contributed by atoms with E-state index in [4.69, 9.17) is 26.3 Å². The van der Waals surface area contributed by atoms with E-state index in [2.05, 4.69) is 22.8 Å². The number of amides is 1. The number of hydrogen-bond donors (Lipinski definition) is 2. The van der Waals surface area contributed by atoms with Crippen LogP contribution in [-0.4, -0.2) is 37.7 Å². The number of hydrogen-bond acceptors (Lipinski definition) is 6. The van der Waals surface area contributed by atoms with Crippen molar-refractivity contribution in [3.63, 3.8) is 0 Å². The van der Waals surface area contributed by atoms with E-state index in [1.807, 2.05) is 24.3 Å². The van der Waals surface area contributed by atoms with Crippen molar-refractivity contribution in [1.82, 2.24) is 10.6 Å². The van der Waals surface area contributed by atoms with E-state index < -0.39 is 12.1 Å². The molecule has 0 aliphatic carbocycles. The average molecular weight is 437 g/mol. The van der Waals surface area contributed by atoms with Gasteiger partial charge in [-0.05, 0) is 53.9 Å². The molecule has 0 radical (unpaired) electrons. The Balaban J connectivity index is 1.52. The standard InChI is InChI=1S/C23H21ClN4O3/c24-20-9-19-18-3-2-14(10-25)6-16(18)13-31-21(19)8-15(20)7-17(11-26)28-23(29)22-12-27-4-1-5-30-22/h2-3,6,8-9,17,22,27H,1,4-5,7,12-13H2,(H,28,29)/t17-,22+/m1/s1. The van der Waals surface area contributed by atoms with Gasteiger partial charge in [-0.2, -0.15) is 10.5 Å². The summed E-state index contributed by atoms with van der Waals surface area (Å²) in [5.41, 5.74) is 4.03. The van der Waals surface area contributed by atoms with E-state index in [1.165, 1.54) is 0 Å². The van der Waals surface area contributed by atoms with Gasteiger partial charge in [-0.15, -0.1) is 0 Å². The number of fused-ring (bicyclic) bond motifs is 3. The van der Waals surface area contributed by atoms with Gasteiger partial charge in [0, 0.05) is 30.2 Å². The number of benzene rings is 2. The summed E-state index contributed by atoms with van der Waals surface area (Å²) < 4.78 is 11.4. The number of ether oxygens (including phenoxy) is 2. The Bertz CT molecular complexity index is 1080. The fourth-order valence-electron chi connectivity index (χ4n) is 3.78. The Morgan fingerprint density at radius 1 is 1.29 bits per heavy atom. The van der Waals surface area contributed by atoms with Crippen LogP contribution in [-0.2, 0) is 22.6 Å². The number of nitrogens with zero attached hydrogens (tertiary/aromatic N) is 2. The summed E-state index contributed by atoms with van der Waals surface area (Å²) in [5.74, 6) is 0.351. The number of nitrogens with one attached hydrogen (secondary N) is 2. The van der Waals surface area contributed by atoms with Crippen LogP contribution in [0.15, 0.2) is 30.3 Å². The first-order valence-electron chi connectivity index (χ1n) is 10.1. The van der Waals surface area contributed by atoms with Crippen molar-refractivity contribution in [2.45, 2.75) is 31.6 Å².